The van der Waals surface area contributed by atoms with E-state index in [1.54, 1.807) is 0 Å². The van der Waals surface area contributed by atoms with Gasteiger partial charge in [-0.2, -0.15) is 5.26 Å². The second kappa shape index (κ2) is 4.92. The van der Waals surface area contributed by atoms with Crippen LogP contribution in [0.1, 0.15) is 27.2 Å². The van der Waals surface area contributed by atoms with Gasteiger partial charge in [-0.25, -0.2) is 0 Å². The van der Waals surface area contributed by atoms with Crippen molar-refractivity contribution in [2.24, 2.45) is 5.73 Å². The molecule has 0 spiro atoms. The largest absolute Gasteiger partial charge is 0.415 e. The molecule has 0 aromatic heterocycles. The number of nitriles is 1. The Morgan fingerprint density at radius 2 is 1.93 bits per heavy atom. The van der Waals surface area contributed by atoms with E-state index in [0.717, 1.165) is 0 Å². The number of nitrogens with zero attached hydrogens (tertiary/aromatic N) is 1. The molecule has 2 N–H and O–H groups in total. The number of hydrogen-bond donors (Lipinski definition) is 1. The van der Waals surface area contributed by atoms with Gasteiger partial charge in [0.15, 0.2) is 8.32 Å². The highest BCUT2D eigenvalue weighted by atomic mass is 28.4. The maximum absolute atomic E-state index is 8.45. The minimum absolute atomic E-state index is 0.144. The molecule has 4 heteroatoms. The van der Waals surface area contributed by atoms with Gasteiger partial charge in [-0.1, -0.05) is 20.8 Å². The highest BCUT2D eigenvalue weighted by Gasteiger charge is 2.37. The molecule has 0 aromatic rings. The molecule has 0 aromatic carbocycles. The monoisotopic (exact) mass is 214 g/mol. The smallest absolute Gasteiger partial charge is 0.192 e. The third kappa shape index (κ3) is 4.23. The van der Waals surface area contributed by atoms with E-state index in [1.165, 1.54) is 0 Å². The Labute approximate surface area is 88.4 Å². The second-order valence-corrected chi connectivity index (χ2v) is 10.0. The lowest BCUT2D eigenvalue weighted by molar-refractivity contribution is 0.264. The molecule has 14 heavy (non-hydrogen) atoms. The highest BCUT2D eigenvalue weighted by Crippen LogP contribution is 2.36. The van der Waals surface area contributed by atoms with Crippen molar-refractivity contribution in [3.05, 3.63) is 0 Å². The molecule has 0 aliphatic heterocycles. The summed E-state index contributed by atoms with van der Waals surface area (Å²) in [6, 6.07) is 1.91. The second-order valence-electron chi connectivity index (χ2n) is 5.19. The lowest BCUT2D eigenvalue weighted by atomic mass is 10.2. The Hall–Kier alpha value is -0.373. The van der Waals surface area contributed by atoms with E-state index in [0.29, 0.717) is 13.0 Å². The Bertz CT molecular complexity index is 215. The van der Waals surface area contributed by atoms with Crippen molar-refractivity contribution in [1.29, 1.82) is 5.26 Å². The van der Waals surface area contributed by atoms with Crippen molar-refractivity contribution in [2.75, 3.05) is 6.61 Å². The van der Waals surface area contributed by atoms with Crippen LogP contribution in [0.2, 0.25) is 18.1 Å². The zero-order valence-corrected chi connectivity index (χ0v) is 10.9. The summed E-state index contributed by atoms with van der Waals surface area (Å²) in [5.74, 6) is 0. The Morgan fingerprint density at radius 1 is 1.43 bits per heavy atom. The maximum atomic E-state index is 8.45. The summed E-state index contributed by atoms with van der Waals surface area (Å²) in [4.78, 5) is 0. The fourth-order valence-corrected chi connectivity index (χ4v) is 1.77. The van der Waals surface area contributed by atoms with Gasteiger partial charge in [0, 0.05) is 6.04 Å². The molecule has 0 unspecified atom stereocenters. The molecule has 0 bridgehead atoms. The van der Waals surface area contributed by atoms with Crippen molar-refractivity contribution in [3.63, 3.8) is 0 Å². The standard InChI is InChI=1S/C10H22N2OSi/c1-10(2,3)14(4,5)13-8-9(12)6-7-11/h9H,6,8,12H2,1-5H3/t9-/m0/s1. The SMILES string of the molecule is CC(C)(C)[Si](C)(C)OC[C@@H](N)CC#N. The Balaban J connectivity index is 4.07. The van der Waals surface area contributed by atoms with Crippen LogP contribution in [0.25, 0.3) is 0 Å². The number of hydrogen-bond acceptors (Lipinski definition) is 3. The van der Waals surface area contributed by atoms with Crippen molar-refractivity contribution in [3.8, 4) is 6.07 Å². The highest BCUT2D eigenvalue weighted by molar-refractivity contribution is 6.74. The topological polar surface area (TPSA) is 59.0 Å². The number of nitrogens with two attached hydrogens (primary N) is 1. The van der Waals surface area contributed by atoms with Gasteiger partial charge in [-0.3, -0.25) is 0 Å². The zero-order valence-electron chi connectivity index (χ0n) is 9.92. The molecule has 0 heterocycles. The Morgan fingerprint density at radius 3 is 2.29 bits per heavy atom. The van der Waals surface area contributed by atoms with E-state index < -0.39 is 8.32 Å². The normalized spacial score (nSPS) is 14.9. The predicted octanol–water partition coefficient (Wildman–Crippen LogP) is 2.25. The van der Waals surface area contributed by atoms with Crippen molar-refractivity contribution >= 4 is 8.32 Å². The van der Waals surface area contributed by atoms with Crippen LogP contribution >= 0.6 is 0 Å². The third-order valence-electron chi connectivity index (χ3n) is 2.82. The molecular weight excluding hydrogens is 192 g/mol. The summed E-state index contributed by atoms with van der Waals surface area (Å²) in [6.07, 6.45) is 0.370. The van der Waals surface area contributed by atoms with E-state index in [-0.39, 0.29) is 11.1 Å². The molecular formula is C10H22N2OSi. The summed E-state index contributed by atoms with van der Waals surface area (Å²) in [6.45, 7) is 11.4. The predicted molar refractivity (Wildman–Crippen MR) is 61.4 cm³/mol. The minimum atomic E-state index is -1.69. The average Bonchev–Trinajstić information content (AvgIpc) is 1.99. The molecule has 82 valence electrons. The molecule has 0 rings (SSSR count). The summed E-state index contributed by atoms with van der Waals surface area (Å²) in [5.41, 5.74) is 5.71. The van der Waals surface area contributed by atoms with Crippen LogP contribution in [-0.4, -0.2) is 21.0 Å². The van der Waals surface area contributed by atoms with Crippen molar-refractivity contribution < 1.29 is 4.43 Å². The fourth-order valence-electron chi connectivity index (χ4n) is 0.708. The molecule has 0 amide bonds. The summed E-state index contributed by atoms with van der Waals surface area (Å²) in [5, 5.41) is 8.66. The quantitative estimate of drug-likeness (QED) is 0.730. The lowest BCUT2D eigenvalue weighted by Crippen LogP contribution is -2.43. The first-order valence-electron chi connectivity index (χ1n) is 4.97. The van der Waals surface area contributed by atoms with Gasteiger partial charge in [0.25, 0.3) is 0 Å². The molecule has 0 aliphatic carbocycles. The molecule has 0 saturated carbocycles. The van der Waals surface area contributed by atoms with Crippen LogP contribution in [0.3, 0.4) is 0 Å². The summed E-state index contributed by atoms with van der Waals surface area (Å²) < 4.78 is 5.87. The van der Waals surface area contributed by atoms with Gasteiger partial charge in [0.1, 0.15) is 0 Å². The molecule has 0 saturated heterocycles. The van der Waals surface area contributed by atoms with Gasteiger partial charge in [-0.05, 0) is 18.1 Å². The van der Waals surface area contributed by atoms with E-state index >= 15 is 0 Å². The first-order valence-corrected chi connectivity index (χ1v) is 7.88. The van der Waals surface area contributed by atoms with E-state index in [4.69, 9.17) is 15.4 Å². The van der Waals surface area contributed by atoms with Gasteiger partial charge in [0.2, 0.25) is 0 Å². The van der Waals surface area contributed by atoms with Gasteiger partial charge >= 0.3 is 0 Å². The van der Waals surface area contributed by atoms with Crippen molar-refractivity contribution in [1.82, 2.24) is 0 Å². The molecule has 0 aliphatic rings. The first kappa shape index (κ1) is 13.6. The Kier molecular flexibility index (Phi) is 4.79. The van der Waals surface area contributed by atoms with E-state index in [1.807, 2.05) is 0 Å². The van der Waals surface area contributed by atoms with E-state index in [9.17, 15) is 0 Å². The molecule has 3 nitrogen and oxygen atoms in total. The van der Waals surface area contributed by atoms with Crippen LogP contribution in [0.4, 0.5) is 0 Å². The lowest BCUT2D eigenvalue weighted by Gasteiger charge is -2.36. The van der Waals surface area contributed by atoms with Crippen LogP contribution in [0.15, 0.2) is 0 Å². The third-order valence-corrected chi connectivity index (χ3v) is 7.32. The van der Waals surface area contributed by atoms with Gasteiger partial charge < -0.3 is 10.2 Å². The average molecular weight is 214 g/mol. The van der Waals surface area contributed by atoms with E-state index in [2.05, 4.69) is 39.9 Å². The van der Waals surface area contributed by atoms with Crippen LogP contribution in [0, 0.1) is 11.3 Å². The van der Waals surface area contributed by atoms with Crippen LogP contribution in [0.5, 0.6) is 0 Å². The first-order chi connectivity index (χ1) is 6.20. The van der Waals surface area contributed by atoms with Gasteiger partial charge in [0.05, 0.1) is 19.1 Å². The molecule has 0 radical (unpaired) electrons. The molecule has 0 fully saturated rings. The summed E-state index contributed by atoms with van der Waals surface area (Å²) >= 11 is 0. The number of rotatable bonds is 4. The van der Waals surface area contributed by atoms with Crippen LogP contribution < -0.4 is 5.73 Å². The maximum Gasteiger partial charge on any atom is 0.192 e. The molecule has 1 atom stereocenters. The fraction of sp³-hybridized carbons (Fsp3) is 0.900. The summed E-state index contributed by atoms with van der Waals surface area (Å²) in [7, 11) is -1.69. The van der Waals surface area contributed by atoms with Crippen LogP contribution in [-0.2, 0) is 4.43 Å². The van der Waals surface area contributed by atoms with Crippen molar-refractivity contribution in [2.45, 2.75) is 51.4 Å². The van der Waals surface area contributed by atoms with Gasteiger partial charge in [-0.15, -0.1) is 0 Å². The minimum Gasteiger partial charge on any atom is -0.415 e. The zero-order chi connectivity index (χ0) is 11.4.